The number of nitrogens with one attached hydrogen (secondary N) is 1. The molecule has 2 rings (SSSR count). The number of hydrogen-bond donors (Lipinski definition) is 2. The van der Waals surface area contributed by atoms with Crippen molar-refractivity contribution >= 4 is 29.1 Å². The molecule has 0 aliphatic heterocycles. The van der Waals surface area contributed by atoms with Gasteiger partial charge in [-0.1, -0.05) is 23.2 Å². The van der Waals surface area contributed by atoms with Crippen LogP contribution in [0.5, 0.6) is 0 Å². The molecule has 0 spiro atoms. The van der Waals surface area contributed by atoms with Crippen LogP contribution in [0.1, 0.15) is 10.4 Å². The molecular formula is C12H9Cl2N3O. The molecule has 0 atom stereocenters. The van der Waals surface area contributed by atoms with Crippen LogP contribution in [0, 0.1) is 5.41 Å². The molecule has 6 heteroatoms. The Balaban J connectivity index is 2.68. The number of rotatable bonds is 2. The summed E-state index contributed by atoms with van der Waals surface area (Å²) in [5.41, 5.74) is 5.93. The van der Waals surface area contributed by atoms with Crippen molar-refractivity contribution in [2.45, 2.75) is 0 Å². The Hall–Kier alpha value is -1.78. The summed E-state index contributed by atoms with van der Waals surface area (Å²) in [7, 11) is 0. The van der Waals surface area contributed by atoms with Crippen molar-refractivity contribution in [3.63, 3.8) is 0 Å². The quantitative estimate of drug-likeness (QED) is 0.872. The van der Waals surface area contributed by atoms with E-state index in [1.807, 2.05) is 0 Å². The molecule has 3 N–H and O–H groups in total. The van der Waals surface area contributed by atoms with E-state index in [0.29, 0.717) is 15.7 Å². The summed E-state index contributed by atoms with van der Waals surface area (Å²) in [6, 6.07) is 8.20. The Bertz CT molecular complexity index is 662. The van der Waals surface area contributed by atoms with Gasteiger partial charge in [-0.2, -0.15) is 0 Å². The molecule has 0 saturated heterocycles. The van der Waals surface area contributed by atoms with Crippen LogP contribution in [0.2, 0.25) is 10.0 Å². The molecule has 18 heavy (non-hydrogen) atoms. The molecule has 2 aromatic rings. The number of amides is 1. The van der Waals surface area contributed by atoms with Crippen LogP contribution < -0.4 is 11.2 Å². The Kier molecular flexibility index (Phi) is 3.41. The van der Waals surface area contributed by atoms with Crippen molar-refractivity contribution in [1.29, 1.82) is 5.41 Å². The van der Waals surface area contributed by atoms with E-state index in [2.05, 4.69) is 0 Å². The maximum atomic E-state index is 11.2. The first-order valence-corrected chi connectivity index (χ1v) is 5.77. The van der Waals surface area contributed by atoms with Crippen LogP contribution in [-0.4, -0.2) is 10.5 Å². The number of halogens is 2. The third kappa shape index (κ3) is 2.39. The van der Waals surface area contributed by atoms with E-state index in [4.69, 9.17) is 34.3 Å². The fraction of sp³-hybridized carbons (Fsp3) is 0. The number of carbonyl (C=O) groups is 1. The van der Waals surface area contributed by atoms with Crippen molar-refractivity contribution in [1.82, 2.24) is 4.57 Å². The summed E-state index contributed by atoms with van der Waals surface area (Å²) in [6.45, 7) is 0. The highest BCUT2D eigenvalue weighted by Gasteiger charge is 2.09. The first kappa shape index (κ1) is 12.7. The molecule has 0 aliphatic carbocycles. The van der Waals surface area contributed by atoms with Crippen LogP contribution in [0.15, 0.2) is 36.5 Å². The number of pyridine rings is 1. The van der Waals surface area contributed by atoms with E-state index in [1.165, 1.54) is 10.6 Å². The maximum absolute atomic E-state index is 11.2. The Morgan fingerprint density at radius 2 is 1.78 bits per heavy atom. The highest BCUT2D eigenvalue weighted by Crippen LogP contribution is 2.15. The van der Waals surface area contributed by atoms with Gasteiger partial charge >= 0.3 is 0 Å². The van der Waals surface area contributed by atoms with Gasteiger partial charge in [0.15, 0.2) is 0 Å². The van der Waals surface area contributed by atoms with Crippen LogP contribution in [-0.2, 0) is 0 Å². The number of aromatic nitrogens is 1. The third-order valence-corrected chi connectivity index (χ3v) is 2.86. The van der Waals surface area contributed by atoms with Crippen molar-refractivity contribution in [3.8, 4) is 5.69 Å². The number of benzene rings is 1. The van der Waals surface area contributed by atoms with Crippen molar-refractivity contribution in [2.24, 2.45) is 5.73 Å². The largest absolute Gasteiger partial charge is 0.365 e. The normalized spacial score (nSPS) is 10.3. The minimum absolute atomic E-state index is 0.0192. The monoisotopic (exact) mass is 281 g/mol. The molecular weight excluding hydrogens is 273 g/mol. The zero-order valence-electron chi connectivity index (χ0n) is 9.15. The highest BCUT2D eigenvalue weighted by atomic mass is 35.5. The summed E-state index contributed by atoms with van der Waals surface area (Å²) < 4.78 is 1.47. The molecule has 0 aliphatic rings. The van der Waals surface area contributed by atoms with Gasteiger partial charge in [-0.05, 0) is 30.3 Å². The number of hydrogen-bond acceptors (Lipinski definition) is 2. The lowest BCUT2D eigenvalue weighted by Crippen LogP contribution is -2.28. The standard InChI is InChI=1S/C12H9Cl2N3O/c13-7-1-3-9(4-2-7)17-6-8(14)5-10(11(17)15)12(16)18/h1-6,15H,(H2,16,18). The number of nitrogens with two attached hydrogens (primary N) is 1. The molecule has 0 saturated carbocycles. The predicted octanol–water partition coefficient (Wildman–Crippen LogP) is 2.36. The van der Waals surface area contributed by atoms with E-state index in [9.17, 15) is 4.79 Å². The predicted molar refractivity (Wildman–Crippen MR) is 70.2 cm³/mol. The van der Waals surface area contributed by atoms with Gasteiger partial charge in [-0.3, -0.25) is 10.2 Å². The van der Waals surface area contributed by atoms with E-state index < -0.39 is 5.91 Å². The maximum Gasteiger partial charge on any atom is 0.252 e. The van der Waals surface area contributed by atoms with Gasteiger partial charge in [-0.15, -0.1) is 0 Å². The number of primary amides is 1. The topological polar surface area (TPSA) is 71.9 Å². The second kappa shape index (κ2) is 4.84. The summed E-state index contributed by atoms with van der Waals surface area (Å²) in [6.07, 6.45) is 1.54. The molecule has 1 amide bonds. The summed E-state index contributed by atoms with van der Waals surface area (Å²) in [5.74, 6) is -0.690. The lowest BCUT2D eigenvalue weighted by molar-refractivity contribution is 0.0998. The summed E-state index contributed by atoms with van der Waals surface area (Å²) in [4.78, 5) is 11.2. The molecule has 1 aromatic heterocycles. The minimum Gasteiger partial charge on any atom is -0.365 e. The average molecular weight is 282 g/mol. The van der Waals surface area contributed by atoms with E-state index >= 15 is 0 Å². The first-order valence-electron chi connectivity index (χ1n) is 5.01. The van der Waals surface area contributed by atoms with E-state index in [1.54, 1.807) is 30.5 Å². The van der Waals surface area contributed by atoms with Gasteiger partial charge in [0, 0.05) is 16.9 Å². The van der Waals surface area contributed by atoms with Gasteiger partial charge in [0.05, 0.1) is 10.6 Å². The Morgan fingerprint density at radius 3 is 2.33 bits per heavy atom. The molecule has 0 radical (unpaired) electrons. The van der Waals surface area contributed by atoms with Crippen LogP contribution in [0.4, 0.5) is 0 Å². The second-order valence-electron chi connectivity index (χ2n) is 3.63. The van der Waals surface area contributed by atoms with Gasteiger partial charge < -0.3 is 10.3 Å². The smallest absolute Gasteiger partial charge is 0.252 e. The third-order valence-electron chi connectivity index (χ3n) is 2.40. The Labute approximate surface area is 113 Å². The molecule has 1 aromatic carbocycles. The lowest BCUT2D eigenvalue weighted by atomic mass is 10.2. The van der Waals surface area contributed by atoms with Crippen molar-refractivity contribution in [3.05, 3.63) is 57.6 Å². The van der Waals surface area contributed by atoms with E-state index in [0.717, 1.165) is 0 Å². The van der Waals surface area contributed by atoms with E-state index in [-0.39, 0.29) is 11.1 Å². The molecule has 0 fully saturated rings. The second-order valence-corrected chi connectivity index (χ2v) is 4.50. The van der Waals surface area contributed by atoms with Gasteiger partial charge in [0.1, 0.15) is 5.49 Å². The SMILES string of the molecule is N=c1c(C(N)=O)cc(Cl)cn1-c1ccc(Cl)cc1. The highest BCUT2D eigenvalue weighted by molar-refractivity contribution is 6.31. The van der Waals surface area contributed by atoms with Gasteiger partial charge in [0.25, 0.3) is 5.91 Å². The first-order chi connectivity index (χ1) is 8.49. The fourth-order valence-electron chi connectivity index (χ4n) is 1.55. The van der Waals surface area contributed by atoms with Gasteiger partial charge in [-0.25, -0.2) is 0 Å². The van der Waals surface area contributed by atoms with Crippen LogP contribution >= 0.6 is 23.2 Å². The lowest BCUT2D eigenvalue weighted by Gasteiger charge is -2.09. The summed E-state index contributed by atoms with van der Waals surface area (Å²) in [5, 5.41) is 8.85. The number of nitrogens with zero attached hydrogens (tertiary/aromatic N) is 1. The molecule has 0 unspecified atom stereocenters. The van der Waals surface area contributed by atoms with Crippen LogP contribution in [0.3, 0.4) is 0 Å². The fourth-order valence-corrected chi connectivity index (χ4v) is 1.89. The molecule has 4 nitrogen and oxygen atoms in total. The van der Waals surface area contributed by atoms with Crippen molar-refractivity contribution < 1.29 is 4.79 Å². The molecule has 1 heterocycles. The Morgan fingerprint density at radius 1 is 1.17 bits per heavy atom. The molecule has 92 valence electrons. The molecule has 0 bridgehead atoms. The van der Waals surface area contributed by atoms with Crippen LogP contribution in [0.25, 0.3) is 5.69 Å². The average Bonchev–Trinajstić information content (AvgIpc) is 2.32. The summed E-state index contributed by atoms with van der Waals surface area (Å²) >= 11 is 11.7. The van der Waals surface area contributed by atoms with Gasteiger partial charge in [0.2, 0.25) is 0 Å². The zero-order chi connectivity index (χ0) is 13.3. The zero-order valence-corrected chi connectivity index (χ0v) is 10.7. The van der Waals surface area contributed by atoms with Crippen molar-refractivity contribution in [2.75, 3.05) is 0 Å². The minimum atomic E-state index is -0.690. The number of carbonyl (C=O) groups excluding carboxylic acids is 1.